The molecule has 2 atom stereocenters. The van der Waals surface area contributed by atoms with E-state index in [1.807, 2.05) is 0 Å². The van der Waals surface area contributed by atoms with E-state index in [1.165, 1.54) is 19.3 Å². The fourth-order valence-corrected chi connectivity index (χ4v) is 1.56. The molecule has 0 saturated carbocycles. The molecule has 0 aromatic carbocycles. The summed E-state index contributed by atoms with van der Waals surface area (Å²) in [5, 5.41) is 2.84. The van der Waals surface area contributed by atoms with Crippen molar-refractivity contribution in [2.75, 3.05) is 0 Å². The first-order chi connectivity index (χ1) is 5.25. The Morgan fingerprint density at radius 2 is 2.18 bits per heavy atom. The summed E-state index contributed by atoms with van der Waals surface area (Å²) in [5.74, 6) is 0.579. The average molecular weight is 155 g/mol. The van der Waals surface area contributed by atoms with Crippen LogP contribution in [0.1, 0.15) is 39.5 Å². The summed E-state index contributed by atoms with van der Waals surface area (Å²) in [7, 11) is 0. The van der Waals surface area contributed by atoms with Crippen molar-refractivity contribution in [1.29, 1.82) is 0 Å². The molecule has 1 heterocycles. The Balaban J connectivity index is 2.11. The van der Waals surface area contributed by atoms with Crippen LogP contribution in [0.15, 0.2) is 0 Å². The van der Waals surface area contributed by atoms with Crippen LogP contribution in [0, 0.1) is 5.92 Å². The van der Waals surface area contributed by atoms with Crippen LogP contribution in [-0.2, 0) is 4.79 Å². The van der Waals surface area contributed by atoms with Gasteiger partial charge in [0, 0.05) is 6.04 Å². The monoisotopic (exact) mass is 155 g/mol. The van der Waals surface area contributed by atoms with Gasteiger partial charge in [0.15, 0.2) is 0 Å². The summed E-state index contributed by atoms with van der Waals surface area (Å²) in [6.07, 6.45) is 4.79. The minimum Gasteiger partial charge on any atom is -0.353 e. The smallest absolute Gasteiger partial charge is 0.225 e. The molecular weight excluding hydrogens is 138 g/mol. The van der Waals surface area contributed by atoms with Crippen molar-refractivity contribution in [3.05, 3.63) is 0 Å². The van der Waals surface area contributed by atoms with Crippen LogP contribution in [0.4, 0.5) is 0 Å². The topological polar surface area (TPSA) is 29.1 Å². The lowest BCUT2D eigenvalue weighted by atomic mass is 9.87. The third-order valence-corrected chi connectivity index (χ3v) is 2.43. The number of carbonyl (C=O) groups is 1. The Kier molecular flexibility index (Phi) is 2.92. The van der Waals surface area contributed by atoms with Crippen LogP contribution in [0.25, 0.3) is 0 Å². The number of nitrogens with one attached hydrogen (secondary N) is 1. The van der Waals surface area contributed by atoms with E-state index in [1.54, 1.807) is 0 Å². The zero-order chi connectivity index (χ0) is 8.27. The fraction of sp³-hybridized carbons (Fsp3) is 0.889. The molecule has 11 heavy (non-hydrogen) atoms. The van der Waals surface area contributed by atoms with Crippen molar-refractivity contribution in [2.24, 2.45) is 5.92 Å². The van der Waals surface area contributed by atoms with E-state index >= 15 is 0 Å². The zero-order valence-corrected chi connectivity index (χ0v) is 7.39. The van der Waals surface area contributed by atoms with Gasteiger partial charge >= 0.3 is 0 Å². The van der Waals surface area contributed by atoms with Crippen molar-refractivity contribution in [3.8, 4) is 0 Å². The average Bonchev–Trinajstić information content (AvgIpc) is 1.98. The SMILES string of the molecule is CCCCCC1C(=O)NC1C. The van der Waals surface area contributed by atoms with Gasteiger partial charge in [-0.05, 0) is 13.3 Å². The second-order valence-electron chi connectivity index (χ2n) is 3.40. The summed E-state index contributed by atoms with van der Waals surface area (Å²) in [6, 6.07) is 0.430. The molecule has 1 aliphatic heterocycles. The standard InChI is InChI=1S/C9H17NO/c1-3-4-5-6-8-7(2)10-9(8)11/h7-8H,3-6H2,1-2H3,(H,10,11). The van der Waals surface area contributed by atoms with E-state index in [0.29, 0.717) is 12.0 Å². The number of hydrogen-bond acceptors (Lipinski definition) is 1. The Labute approximate surface area is 68.4 Å². The molecule has 2 unspecified atom stereocenters. The minimum absolute atomic E-state index is 0.258. The predicted octanol–water partition coefficient (Wildman–Crippen LogP) is 1.70. The molecule has 0 aliphatic carbocycles. The summed E-state index contributed by atoms with van der Waals surface area (Å²) < 4.78 is 0. The summed E-state index contributed by atoms with van der Waals surface area (Å²) >= 11 is 0. The van der Waals surface area contributed by atoms with Crippen molar-refractivity contribution in [1.82, 2.24) is 5.32 Å². The van der Waals surface area contributed by atoms with E-state index < -0.39 is 0 Å². The largest absolute Gasteiger partial charge is 0.353 e. The van der Waals surface area contributed by atoms with Crippen LogP contribution >= 0.6 is 0 Å². The molecule has 0 spiro atoms. The van der Waals surface area contributed by atoms with Crippen molar-refractivity contribution < 1.29 is 4.79 Å². The normalized spacial score (nSPS) is 29.5. The second kappa shape index (κ2) is 3.74. The summed E-state index contributed by atoms with van der Waals surface area (Å²) in [6.45, 7) is 4.27. The molecule has 64 valence electrons. The van der Waals surface area contributed by atoms with Gasteiger partial charge < -0.3 is 5.32 Å². The third kappa shape index (κ3) is 1.95. The maximum atomic E-state index is 10.9. The molecule has 0 aromatic heterocycles. The van der Waals surface area contributed by atoms with Crippen LogP contribution in [0.2, 0.25) is 0 Å². The number of carbonyl (C=O) groups excluding carboxylic acids is 1. The zero-order valence-electron chi connectivity index (χ0n) is 7.39. The van der Waals surface area contributed by atoms with Crippen LogP contribution < -0.4 is 5.32 Å². The van der Waals surface area contributed by atoms with E-state index in [2.05, 4.69) is 19.2 Å². The lowest BCUT2D eigenvalue weighted by Gasteiger charge is -2.34. The van der Waals surface area contributed by atoms with Gasteiger partial charge in [0.25, 0.3) is 0 Å². The summed E-state index contributed by atoms with van der Waals surface area (Å²) in [5.41, 5.74) is 0. The quantitative estimate of drug-likeness (QED) is 0.486. The Hall–Kier alpha value is -0.530. The molecule has 0 aromatic rings. The van der Waals surface area contributed by atoms with Crippen LogP contribution in [0.5, 0.6) is 0 Å². The maximum Gasteiger partial charge on any atom is 0.225 e. The lowest BCUT2D eigenvalue weighted by Crippen LogP contribution is -2.56. The molecule has 1 amide bonds. The number of β-lactam (4-membered cyclic amide) rings is 1. The molecule has 1 rings (SSSR count). The number of rotatable bonds is 4. The highest BCUT2D eigenvalue weighted by atomic mass is 16.2. The molecule has 0 radical (unpaired) electrons. The Morgan fingerprint density at radius 3 is 2.64 bits per heavy atom. The van der Waals surface area contributed by atoms with Crippen molar-refractivity contribution in [2.45, 2.75) is 45.6 Å². The van der Waals surface area contributed by atoms with Gasteiger partial charge in [-0.25, -0.2) is 0 Å². The number of amides is 1. The van der Waals surface area contributed by atoms with Gasteiger partial charge in [0.05, 0.1) is 5.92 Å². The molecular formula is C9H17NO. The third-order valence-electron chi connectivity index (χ3n) is 2.43. The Bertz CT molecular complexity index is 144. The van der Waals surface area contributed by atoms with Gasteiger partial charge in [-0.15, -0.1) is 0 Å². The molecule has 1 saturated heterocycles. The van der Waals surface area contributed by atoms with E-state index in [4.69, 9.17) is 0 Å². The van der Waals surface area contributed by atoms with Gasteiger partial charge in [-0.1, -0.05) is 26.2 Å². The highest BCUT2D eigenvalue weighted by molar-refractivity contribution is 5.85. The first-order valence-corrected chi connectivity index (χ1v) is 4.56. The highest BCUT2D eigenvalue weighted by Gasteiger charge is 2.34. The van der Waals surface area contributed by atoms with E-state index in [9.17, 15) is 4.79 Å². The first-order valence-electron chi connectivity index (χ1n) is 4.56. The minimum atomic E-state index is 0.258. The van der Waals surface area contributed by atoms with Gasteiger partial charge in [-0.2, -0.15) is 0 Å². The highest BCUT2D eigenvalue weighted by Crippen LogP contribution is 2.21. The molecule has 1 fully saturated rings. The molecule has 1 aliphatic rings. The molecule has 1 N–H and O–H groups in total. The Morgan fingerprint density at radius 1 is 1.45 bits per heavy atom. The summed E-state index contributed by atoms with van der Waals surface area (Å²) in [4.78, 5) is 10.9. The first kappa shape index (κ1) is 8.57. The molecule has 2 heteroatoms. The van der Waals surface area contributed by atoms with E-state index in [-0.39, 0.29) is 5.91 Å². The molecule has 2 nitrogen and oxygen atoms in total. The predicted molar refractivity (Wildman–Crippen MR) is 45.2 cm³/mol. The van der Waals surface area contributed by atoms with Gasteiger partial charge in [0.2, 0.25) is 5.91 Å². The second-order valence-corrected chi connectivity index (χ2v) is 3.40. The van der Waals surface area contributed by atoms with Crippen molar-refractivity contribution in [3.63, 3.8) is 0 Å². The van der Waals surface area contributed by atoms with Crippen molar-refractivity contribution >= 4 is 5.91 Å². The fourth-order valence-electron chi connectivity index (χ4n) is 1.56. The van der Waals surface area contributed by atoms with Crippen LogP contribution in [0.3, 0.4) is 0 Å². The lowest BCUT2D eigenvalue weighted by molar-refractivity contribution is -0.134. The number of hydrogen-bond donors (Lipinski definition) is 1. The van der Waals surface area contributed by atoms with E-state index in [0.717, 1.165) is 6.42 Å². The molecule has 0 bridgehead atoms. The number of unbranched alkanes of at least 4 members (excludes halogenated alkanes) is 2. The van der Waals surface area contributed by atoms with Crippen LogP contribution in [-0.4, -0.2) is 11.9 Å². The van der Waals surface area contributed by atoms with Gasteiger partial charge in [0.1, 0.15) is 0 Å². The maximum absolute atomic E-state index is 10.9. The van der Waals surface area contributed by atoms with Gasteiger partial charge in [-0.3, -0.25) is 4.79 Å².